The number of rotatable bonds is 3. The van der Waals surface area contributed by atoms with Crippen LogP contribution < -0.4 is 10.2 Å². The molecule has 0 radical (unpaired) electrons. The first-order valence-corrected chi connectivity index (χ1v) is 9.37. The van der Waals surface area contributed by atoms with Crippen LogP contribution in [0.25, 0.3) is 0 Å². The van der Waals surface area contributed by atoms with Crippen LogP contribution in [0.4, 0.5) is 11.4 Å². The number of benzene rings is 2. The van der Waals surface area contributed by atoms with Gasteiger partial charge < -0.3 is 9.73 Å². The Morgan fingerprint density at radius 2 is 1.79 bits per heavy atom. The molecule has 1 aliphatic heterocycles. The third-order valence-corrected chi connectivity index (χ3v) is 5.15. The zero-order valence-electron chi connectivity index (χ0n) is 15.9. The van der Waals surface area contributed by atoms with Crippen molar-refractivity contribution in [3.8, 4) is 0 Å². The monoisotopic (exact) mass is 374 g/mol. The van der Waals surface area contributed by atoms with Crippen LogP contribution in [0, 0.1) is 13.8 Å². The van der Waals surface area contributed by atoms with Gasteiger partial charge in [-0.15, -0.1) is 0 Å². The van der Waals surface area contributed by atoms with Crippen molar-refractivity contribution in [2.24, 2.45) is 0 Å². The second-order valence-electron chi connectivity index (χ2n) is 7.15. The van der Waals surface area contributed by atoms with Gasteiger partial charge in [0, 0.05) is 16.9 Å². The summed E-state index contributed by atoms with van der Waals surface area (Å²) in [7, 11) is 0. The minimum Gasteiger partial charge on any atom is -0.459 e. The molecule has 0 spiro atoms. The highest BCUT2D eigenvalue weighted by Crippen LogP contribution is 2.33. The van der Waals surface area contributed by atoms with E-state index in [-0.39, 0.29) is 17.6 Å². The number of hydrogen-bond acceptors (Lipinski definition) is 3. The summed E-state index contributed by atoms with van der Waals surface area (Å²) in [4.78, 5) is 28.0. The summed E-state index contributed by atoms with van der Waals surface area (Å²) in [6.07, 6.45) is 2.79. The first-order chi connectivity index (χ1) is 13.5. The van der Waals surface area contributed by atoms with Gasteiger partial charge in [-0.3, -0.25) is 14.5 Å². The Morgan fingerprint density at radius 1 is 1.04 bits per heavy atom. The smallest absolute Gasteiger partial charge is 0.294 e. The van der Waals surface area contributed by atoms with E-state index in [0.29, 0.717) is 6.42 Å². The van der Waals surface area contributed by atoms with Crippen molar-refractivity contribution in [3.05, 3.63) is 83.3 Å². The Hall–Kier alpha value is -3.34. The normalized spacial score (nSPS) is 15.8. The SMILES string of the molecule is Cc1ccc(NC(=O)C2CCc3ccccc3N2C(=O)c2occc2C)cc1. The number of anilines is 2. The summed E-state index contributed by atoms with van der Waals surface area (Å²) in [6, 6.07) is 16.5. The standard InChI is InChI=1S/C23H22N2O3/c1-15-7-10-18(11-8-15)24-22(26)20-12-9-17-5-3-4-6-19(17)25(20)23(27)21-16(2)13-14-28-21/h3-8,10-11,13-14,20H,9,12H2,1-2H3,(H,24,26). The van der Waals surface area contributed by atoms with Crippen LogP contribution in [0.2, 0.25) is 0 Å². The maximum absolute atomic E-state index is 13.3. The second kappa shape index (κ2) is 7.35. The van der Waals surface area contributed by atoms with Gasteiger partial charge in [0.1, 0.15) is 6.04 Å². The lowest BCUT2D eigenvalue weighted by Gasteiger charge is -2.36. The number of para-hydroxylation sites is 1. The van der Waals surface area contributed by atoms with Gasteiger partial charge in [-0.05, 0) is 56.5 Å². The maximum Gasteiger partial charge on any atom is 0.294 e. The van der Waals surface area contributed by atoms with E-state index >= 15 is 0 Å². The maximum atomic E-state index is 13.3. The molecule has 3 aromatic rings. The van der Waals surface area contributed by atoms with Gasteiger partial charge in [0.2, 0.25) is 5.91 Å². The van der Waals surface area contributed by atoms with Crippen LogP contribution in [0.1, 0.15) is 33.7 Å². The molecule has 0 saturated heterocycles. The molecule has 2 heterocycles. The molecule has 2 amide bonds. The van der Waals surface area contributed by atoms with Crippen LogP contribution in [-0.2, 0) is 11.2 Å². The Kier molecular flexibility index (Phi) is 4.74. The van der Waals surface area contributed by atoms with Crippen molar-refractivity contribution in [1.82, 2.24) is 0 Å². The van der Waals surface area contributed by atoms with Crippen molar-refractivity contribution in [2.75, 3.05) is 10.2 Å². The number of aryl methyl sites for hydroxylation is 3. The Morgan fingerprint density at radius 3 is 2.50 bits per heavy atom. The highest BCUT2D eigenvalue weighted by atomic mass is 16.3. The topological polar surface area (TPSA) is 62.6 Å². The minimum absolute atomic E-state index is 0.198. The number of carbonyl (C=O) groups is 2. The zero-order chi connectivity index (χ0) is 19.7. The predicted molar refractivity (Wildman–Crippen MR) is 109 cm³/mol. The molecule has 1 N–H and O–H groups in total. The van der Waals surface area contributed by atoms with E-state index in [1.807, 2.05) is 62.4 Å². The van der Waals surface area contributed by atoms with Crippen LogP contribution in [0.3, 0.4) is 0 Å². The van der Waals surface area contributed by atoms with Crippen molar-refractivity contribution in [2.45, 2.75) is 32.7 Å². The van der Waals surface area contributed by atoms with Crippen molar-refractivity contribution < 1.29 is 14.0 Å². The van der Waals surface area contributed by atoms with Crippen molar-refractivity contribution in [1.29, 1.82) is 0 Å². The molecule has 1 unspecified atom stereocenters. The number of hydrogen-bond donors (Lipinski definition) is 1. The molecule has 0 saturated carbocycles. The lowest BCUT2D eigenvalue weighted by Crippen LogP contribution is -2.50. The molecule has 28 heavy (non-hydrogen) atoms. The summed E-state index contributed by atoms with van der Waals surface area (Å²) >= 11 is 0. The fourth-order valence-electron chi connectivity index (χ4n) is 3.61. The van der Waals surface area contributed by atoms with Crippen LogP contribution in [0.15, 0.2) is 65.3 Å². The third-order valence-electron chi connectivity index (χ3n) is 5.15. The van der Waals surface area contributed by atoms with Gasteiger partial charge in [0.05, 0.1) is 6.26 Å². The van der Waals surface area contributed by atoms with Crippen molar-refractivity contribution >= 4 is 23.2 Å². The second-order valence-corrected chi connectivity index (χ2v) is 7.15. The molecule has 0 aliphatic carbocycles. The van der Waals surface area contributed by atoms with E-state index in [0.717, 1.165) is 34.5 Å². The summed E-state index contributed by atoms with van der Waals surface area (Å²) in [6.45, 7) is 3.82. The number of nitrogens with one attached hydrogen (secondary N) is 1. The summed E-state index contributed by atoms with van der Waals surface area (Å²) in [5.74, 6) is -0.223. The molecule has 5 heteroatoms. The van der Waals surface area contributed by atoms with E-state index in [1.165, 1.54) is 6.26 Å². The summed E-state index contributed by atoms with van der Waals surface area (Å²) < 4.78 is 5.43. The molecule has 1 atom stereocenters. The Labute approximate surface area is 164 Å². The number of fused-ring (bicyclic) bond motifs is 1. The summed E-state index contributed by atoms with van der Waals surface area (Å²) in [5, 5.41) is 2.95. The predicted octanol–water partition coefficient (Wildman–Crippen LogP) is 4.50. The van der Waals surface area contributed by atoms with E-state index in [1.54, 1.807) is 11.0 Å². The van der Waals surface area contributed by atoms with E-state index in [9.17, 15) is 9.59 Å². The molecule has 0 bridgehead atoms. The van der Waals surface area contributed by atoms with Gasteiger partial charge in [0.15, 0.2) is 5.76 Å². The van der Waals surface area contributed by atoms with Gasteiger partial charge >= 0.3 is 0 Å². The van der Waals surface area contributed by atoms with Gasteiger partial charge in [-0.2, -0.15) is 0 Å². The fourth-order valence-corrected chi connectivity index (χ4v) is 3.61. The number of nitrogens with zero attached hydrogens (tertiary/aromatic N) is 1. The van der Waals surface area contributed by atoms with Gasteiger partial charge in [-0.1, -0.05) is 35.9 Å². The average Bonchev–Trinajstić information content (AvgIpc) is 3.14. The zero-order valence-corrected chi connectivity index (χ0v) is 15.9. The Bertz CT molecular complexity index is 1020. The first-order valence-electron chi connectivity index (χ1n) is 9.37. The summed E-state index contributed by atoms with van der Waals surface area (Å²) in [5.41, 5.74) is 4.41. The third kappa shape index (κ3) is 3.31. The minimum atomic E-state index is -0.604. The van der Waals surface area contributed by atoms with Crippen LogP contribution in [0.5, 0.6) is 0 Å². The molecule has 1 aromatic heterocycles. The highest BCUT2D eigenvalue weighted by molar-refractivity contribution is 6.11. The molecule has 5 nitrogen and oxygen atoms in total. The first kappa shape index (κ1) is 18.0. The lowest BCUT2D eigenvalue weighted by atomic mass is 9.94. The Balaban J connectivity index is 1.69. The quantitative estimate of drug-likeness (QED) is 0.734. The molecular weight excluding hydrogens is 352 g/mol. The molecule has 142 valence electrons. The fraction of sp³-hybridized carbons (Fsp3) is 0.217. The highest BCUT2D eigenvalue weighted by Gasteiger charge is 2.37. The number of furan rings is 1. The molecule has 0 fully saturated rings. The van der Waals surface area contributed by atoms with Gasteiger partial charge in [0.25, 0.3) is 5.91 Å². The largest absolute Gasteiger partial charge is 0.459 e. The molecular formula is C23H22N2O3. The van der Waals surface area contributed by atoms with E-state index in [4.69, 9.17) is 4.42 Å². The number of amides is 2. The lowest BCUT2D eigenvalue weighted by molar-refractivity contribution is -0.117. The number of carbonyl (C=O) groups excluding carboxylic acids is 2. The van der Waals surface area contributed by atoms with E-state index in [2.05, 4.69) is 5.32 Å². The average molecular weight is 374 g/mol. The van der Waals surface area contributed by atoms with E-state index < -0.39 is 6.04 Å². The van der Waals surface area contributed by atoms with Gasteiger partial charge in [-0.25, -0.2) is 0 Å². The molecule has 2 aromatic carbocycles. The molecule has 4 rings (SSSR count). The molecule has 1 aliphatic rings. The van der Waals surface area contributed by atoms with Crippen LogP contribution >= 0.6 is 0 Å². The van der Waals surface area contributed by atoms with Crippen molar-refractivity contribution in [3.63, 3.8) is 0 Å². The van der Waals surface area contributed by atoms with Crippen LogP contribution in [-0.4, -0.2) is 17.9 Å².